The Balaban J connectivity index is 2.13. The normalized spacial score (nSPS) is 16.5. The van der Waals surface area contributed by atoms with E-state index in [1.807, 2.05) is 0 Å². The second kappa shape index (κ2) is 4.11. The maximum absolute atomic E-state index is 10.6. The van der Waals surface area contributed by atoms with E-state index in [9.17, 15) is 4.79 Å². The highest BCUT2D eigenvalue weighted by Gasteiger charge is 2.15. The van der Waals surface area contributed by atoms with Crippen molar-refractivity contribution in [2.24, 2.45) is 5.10 Å². The summed E-state index contributed by atoms with van der Waals surface area (Å²) in [6, 6.07) is 0. The molecular formula is C8H13N2O. The lowest BCUT2D eigenvalue weighted by Gasteiger charge is -1.94. The number of amides is 1. The highest BCUT2D eigenvalue weighted by atomic mass is 16.2. The molecule has 1 radical (unpaired) electrons. The summed E-state index contributed by atoms with van der Waals surface area (Å²) < 4.78 is 0. The Labute approximate surface area is 66.9 Å². The number of nitrogens with zero attached hydrogens (tertiary/aromatic N) is 2. The second-order valence-electron chi connectivity index (χ2n) is 2.79. The van der Waals surface area contributed by atoms with Crippen LogP contribution in [-0.2, 0) is 4.79 Å². The molecule has 0 aromatic heterocycles. The number of hydrogen-bond acceptors (Lipinski definition) is 2. The number of carbonyl (C=O) groups excluding carboxylic acids is 1. The van der Waals surface area contributed by atoms with Gasteiger partial charge in [0.2, 0.25) is 0 Å². The minimum absolute atomic E-state index is 0.0866. The highest BCUT2D eigenvalue weighted by Crippen LogP contribution is 2.06. The molecule has 0 N–H and O–H groups in total. The van der Waals surface area contributed by atoms with Crippen molar-refractivity contribution in [3.05, 3.63) is 0 Å². The third-order valence-electron chi connectivity index (χ3n) is 1.73. The molecule has 0 atom stereocenters. The summed E-state index contributed by atoms with van der Waals surface area (Å²) in [5.41, 5.74) is 4.41. The molecule has 1 aliphatic heterocycles. The van der Waals surface area contributed by atoms with Crippen molar-refractivity contribution >= 4 is 11.6 Å². The molecule has 3 heteroatoms. The molecule has 1 heterocycles. The Kier molecular flexibility index (Phi) is 3.08. The van der Waals surface area contributed by atoms with Gasteiger partial charge in [0.05, 0.1) is 12.1 Å². The first-order valence-electron chi connectivity index (χ1n) is 4.12. The van der Waals surface area contributed by atoms with Gasteiger partial charge in [-0.2, -0.15) is 5.10 Å². The van der Waals surface area contributed by atoms with E-state index in [0.717, 1.165) is 18.6 Å². The molecule has 0 bridgehead atoms. The van der Waals surface area contributed by atoms with Crippen LogP contribution in [0.5, 0.6) is 0 Å². The van der Waals surface area contributed by atoms with Crippen LogP contribution in [0.2, 0.25) is 0 Å². The maximum atomic E-state index is 10.6. The van der Waals surface area contributed by atoms with Crippen LogP contribution in [-0.4, -0.2) is 11.6 Å². The zero-order valence-electron chi connectivity index (χ0n) is 6.84. The van der Waals surface area contributed by atoms with E-state index in [0.29, 0.717) is 6.42 Å². The van der Waals surface area contributed by atoms with Crippen LogP contribution in [0.25, 0.3) is 0 Å². The van der Waals surface area contributed by atoms with Crippen molar-refractivity contribution in [1.82, 2.24) is 5.43 Å². The summed E-state index contributed by atoms with van der Waals surface area (Å²) in [5.74, 6) is -0.0866. The van der Waals surface area contributed by atoms with E-state index in [4.69, 9.17) is 0 Å². The van der Waals surface area contributed by atoms with Crippen molar-refractivity contribution in [3.63, 3.8) is 0 Å². The van der Waals surface area contributed by atoms with Gasteiger partial charge in [-0.25, -0.2) is 0 Å². The third kappa shape index (κ3) is 2.70. The van der Waals surface area contributed by atoms with Gasteiger partial charge in [0.25, 0.3) is 5.91 Å². The second-order valence-corrected chi connectivity index (χ2v) is 2.79. The van der Waals surface area contributed by atoms with E-state index in [1.54, 1.807) is 0 Å². The molecule has 0 saturated carbocycles. The van der Waals surface area contributed by atoms with Gasteiger partial charge in [-0.3, -0.25) is 4.79 Å². The number of hydrogen-bond donors (Lipinski definition) is 0. The third-order valence-corrected chi connectivity index (χ3v) is 1.73. The minimum Gasteiger partial charge on any atom is -0.270 e. The first kappa shape index (κ1) is 8.24. The quantitative estimate of drug-likeness (QED) is 0.564. The average Bonchev–Trinajstić information content (AvgIpc) is 2.37. The Morgan fingerprint density at radius 3 is 2.82 bits per heavy atom. The molecule has 0 unspecified atom stereocenters. The number of carbonyl (C=O) groups is 1. The summed E-state index contributed by atoms with van der Waals surface area (Å²) in [5, 5.41) is 3.78. The van der Waals surface area contributed by atoms with E-state index in [1.165, 1.54) is 12.8 Å². The van der Waals surface area contributed by atoms with Crippen molar-refractivity contribution in [1.29, 1.82) is 0 Å². The predicted molar refractivity (Wildman–Crippen MR) is 43.3 cm³/mol. The van der Waals surface area contributed by atoms with E-state index >= 15 is 0 Å². The van der Waals surface area contributed by atoms with E-state index in [-0.39, 0.29) is 5.91 Å². The van der Waals surface area contributed by atoms with Crippen LogP contribution in [0.15, 0.2) is 5.10 Å². The Morgan fingerprint density at radius 1 is 1.45 bits per heavy atom. The minimum atomic E-state index is -0.0866. The molecular weight excluding hydrogens is 140 g/mol. The van der Waals surface area contributed by atoms with Crippen molar-refractivity contribution in [3.8, 4) is 0 Å². The number of rotatable bonds is 4. The molecule has 0 spiro atoms. The zero-order chi connectivity index (χ0) is 8.10. The van der Waals surface area contributed by atoms with E-state index in [2.05, 4.69) is 17.5 Å². The molecule has 0 aromatic rings. The Morgan fingerprint density at radius 2 is 2.27 bits per heavy atom. The molecule has 1 aliphatic rings. The molecule has 1 amide bonds. The summed E-state index contributed by atoms with van der Waals surface area (Å²) >= 11 is 0. The van der Waals surface area contributed by atoms with Crippen molar-refractivity contribution in [2.45, 2.75) is 39.0 Å². The zero-order valence-corrected chi connectivity index (χ0v) is 6.84. The molecule has 3 nitrogen and oxygen atoms in total. The molecule has 61 valence electrons. The van der Waals surface area contributed by atoms with E-state index < -0.39 is 0 Å². The summed E-state index contributed by atoms with van der Waals surface area (Å²) in [7, 11) is 0. The molecule has 1 rings (SSSR count). The lowest BCUT2D eigenvalue weighted by atomic mass is 10.1. The fourth-order valence-electron chi connectivity index (χ4n) is 1.09. The molecule has 0 aliphatic carbocycles. The Bertz CT molecular complexity index is 175. The SMILES string of the molecule is CCCCCC1=N[N]C(=O)C1. The van der Waals surface area contributed by atoms with Crippen LogP contribution in [0.3, 0.4) is 0 Å². The molecule has 0 saturated heterocycles. The lowest BCUT2D eigenvalue weighted by molar-refractivity contribution is -0.119. The van der Waals surface area contributed by atoms with Crippen molar-refractivity contribution < 1.29 is 4.79 Å². The van der Waals surface area contributed by atoms with Gasteiger partial charge in [-0.1, -0.05) is 19.8 Å². The molecule has 0 fully saturated rings. The highest BCUT2D eigenvalue weighted by molar-refractivity contribution is 6.04. The van der Waals surface area contributed by atoms with Crippen molar-refractivity contribution in [2.75, 3.05) is 0 Å². The van der Waals surface area contributed by atoms with Gasteiger partial charge in [0, 0.05) is 0 Å². The van der Waals surface area contributed by atoms with Gasteiger partial charge in [-0.15, -0.1) is 5.43 Å². The fourth-order valence-corrected chi connectivity index (χ4v) is 1.09. The molecule has 11 heavy (non-hydrogen) atoms. The van der Waals surface area contributed by atoms with Gasteiger partial charge < -0.3 is 0 Å². The number of unbranched alkanes of at least 4 members (excludes halogenated alkanes) is 2. The summed E-state index contributed by atoms with van der Waals surface area (Å²) in [6.07, 6.45) is 4.97. The molecule has 0 aromatic carbocycles. The standard InChI is InChI=1S/C8H13N2O/c1-2-3-4-5-7-6-8(11)10-9-7/h2-6H2,1H3. The van der Waals surface area contributed by atoms with Crippen LogP contribution < -0.4 is 5.43 Å². The van der Waals surface area contributed by atoms with Gasteiger partial charge in [0.15, 0.2) is 0 Å². The monoisotopic (exact) mass is 153 g/mol. The van der Waals surface area contributed by atoms with Crippen LogP contribution in [0.1, 0.15) is 39.0 Å². The van der Waals surface area contributed by atoms with Gasteiger partial charge in [-0.05, 0) is 12.8 Å². The maximum Gasteiger partial charge on any atom is 0.270 e. The van der Waals surface area contributed by atoms with Crippen LogP contribution in [0, 0.1) is 0 Å². The van der Waals surface area contributed by atoms with Gasteiger partial charge >= 0.3 is 0 Å². The predicted octanol–water partition coefficient (Wildman–Crippen LogP) is 1.46. The average molecular weight is 153 g/mol. The summed E-state index contributed by atoms with van der Waals surface area (Å²) in [4.78, 5) is 10.6. The Hall–Kier alpha value is -0.860. The largest absolute Gasteiger partial charge is 0.270 e. The summed E-state index contributed by atoms with van der Waals surface area (Å²) in [6.45, 7) is 2.16. The fraction of sp³-hybridized carbons (Fsp3) is 0.750. The lowest BCUT2D eigenvalue weighted by Crippen LogP contribution is -2.02. The van der Waals surface area contributed by atoms with Crippen LogP contribution >= 0.6 is 0 Å². The first-order valence-corrected chi connectivity index (χ1v) is 4.12. The smallest absolute Gasteiger partial charge is 0.270 e. The van der Waals surface area contributed by atoms with Gasteiger partial charge in [0.1, 0.15) is 0 Å². The topological polar surface area (TPSA) is 43.5 Å². The first-order chi connectivity index (χ1) is 5.33. The van der Waals surface area contributed by atoms with Crippen LogP contribution in [0.4, 0.5) is 0 Å².